The number of methoxy groups -OCH3 is 1. The highest BCUT2D eigenvalue weighted by molar-refractivity contribution is 5.70. The Morgan fingerprint density at radius 1 is 1.21 bits per heavy atom. The third-order valence-electron chi connectivity index (χ3n) is 2.43. The fraction of sp³-hybridized carbons (Fsp3) is 0.533. The summed E-state index contributed by atoms with van der Waals surface area (Å²) >= 11 is 0. The summed E-state index contributed by atoms with van der Waals surface area (Å²) in [5.41, 5.74) is 0.240. The summed E-state index contributed by atoms with van der Waals surface area (Å²) in [4.78, 5) is 11.7. The number of allylic oxidation sites excluding steroid dienone is 4. The molecule has 0 radical (unpaired) electrons. The maximum atomic E-state index is 11.7. The summed E-state index contributed by atoms with van der Waals surface area (Å²) in [5.74, 6) is 0.804. The number of alkyl carbamates (subject to hydrolysis) is 1. The summed E-state index contributed by atoms with van der Waals surface area (Å²) in [6, 6.07) is 0. The Balaban J connectivity index is 2.67. The lowest BCUT2D eigenvalue weighted by Gasteiger charge is -2.20. The third-order valence-corrected chi connectivity index (χ3v) is 2.43. The average molecular weight is 265 g/mol. The molecule has 0 fully saturated rings. The van der Waals surface area contributed by atoms with E-state index in [1.807, 2.05) is 45.1 Å². The summed E-state index contributed by atoms with van der Waals surface area (Å²) in [7, 11) is 1.64. The highest BCUT2D eigenvalue weighted by atomic mass is 16.6. The number of rotatable bonds is 2. The van der Waals surface area contributed by atoms with Gasteiger partial charge in [-0.05, 0) is 58.3 Å². The number of carbonyl (C=O) groups is 1. The molecule has 0 aromatic heterocycles. The predicted octanol–water partition coefficient (Wildman–Crippen LogP) is 3.67. The Morgan fingerprint density at radius 2 is 1.89 bits per heavy atom. The van der Waals surface area contributed by atoms with Crippen LogP contribution >= 0.6 is 0 Å². The van der Waals surface area contributed by atoms with Crippen LogP contribution in [0.2, 0.25) is 0 Å². The van der Waals surface area contributed by atoms with Crippen LogP contribution in [0.5, 0.6) is 0 Å². The van der Waals surface area contributed by atoms with Crippen LogP contribution in [-0.4, -0.2) is 18.8 Å². The molecule has 0 aromatic carbocycles. The van der Waals surface area contributed by atoms with Gasteiger partial charge in [-0.3, -0.25) is 5.32 Å². The fourth-order valence-electron chi connectivity index (χ4n) is 1.59. The Bertz CT molecular complexity index is 400. The van der Waals surface area contributed by atoms with Gasteiger partial charge in [0.25, 0.3) is 0 Å². The van der Waals surface area contributed by atoms with Crippen LogP contribution in [0.4, 0.5) is 4.79 Å². The molecule has 0 heterocycles. The zero-order valence-electron chi connectivity index (χ0n) is 12.2. The molecule has 0 saturated heterocycles. The zero-order chi connectivity index (χ0) is 14.3. The lowest BCUT2D eigenvalue weighted by atomic mass is 10.2. The number of carbonyl (C=O) groups excluding carboxylic acids is 1. The van der Waals surface area contributed by atoms with E-state index in [0.29, 0.717) is 0 Å². The van der Waals surface area contributed by atoms with Crippen molar-refractivity contribution in [3.8, 4) is 0 Å². The molecule has 0 saturated carbocycles. The van der Waals surface area contributed by atoms with E-state index in [1.165, 1.54) is 0 Å². The molecule has 0 aromatic rings. The molecule has 0 atom stereocenters. The van der Waals surface area contributed by atoms with Crippen molar-refractivity contribution in [2.24, 2.45) is 0 Å². The fourth-order valence-corrected chi connectivity index (χ4v) is 1.59. The first-order valence-electron chi connectivity index (χ1n) is 6.53. The monoisotopic (exact) mass is 265 g/mol. The number of hydrogen-bond donors (Lipinski definition) is 1. The highest BCUT2D eigenvalue weighted by Crippen LogP contribution is 2.12. The highest BCUT2D eigenvalue weighted by Gasteiger charge is 2.16. The molecule has 0 unspecified atom stereocenters. The second kappa shape index (κ2) is 7.02. The topological polar surface area (TPSA) is 47.6 Å². The van der Waals surface area contributed by atoms with Crippen molar-refractivity contribution in [3.63, 3.8) is 0 Å². The summed E-state index contributed by atoms with van der Waals surface area (Å²) in [6.07, 6.45) is 10.2. The molecular formula is C15H23NO3. The minimum absolute atomic E-state index is 0.439. The molecule has 0 spiro atoms. The van der Waals surface area contributed by atoms with E-state index >= 15 is 0 Å². The molecule has 4 nitrogen and oxygen atoms in total. The Hall–Kier alpha value is -1.71. The Labute approximate surface area is 115 Å². The second-order valence-corrected chi connectivity index (χ2v) is 5.36. The van der Waals surface area contributed by atoms with Gasteiger partial charge in [-0.15, -0.1) is 0 Å². The molecule has 1 N–H and O–H groups in total. The first-order chi connectivity index (χ1) is 8.90. The molecule has 1 aliphatic carbocycles. The first kappa shape index (κ1) is 15.3. The van der Waals surface area contributed by atoms with Gasteiger partial charge >= 0.3 is 6.09 Å². The van der Waals surface area contributed by atoms with E-state index in [4.69, 9.17) is 9.47 Å². The molecule has 1 rings (SSSR count). The zero-order valence-corrected chi connectivity index (χ0v) is 12.2. The molecule has 4 heteroatoms. The summed E-state index contributed by atoms with van der Waals surface area (Å²) < 4.78 is 10.4. The molecule has 1 aliphatic rings. The number of ether oxygens (including phenoxy) is 2. The first-order valence-corrected chi connectivity index (χ1v) is 6.53. The lowest BCUT2D eigenvalue weighted by molar-refractivity contribution is 0.0547. The minimum atomic E-state index is -0.496. The van der Waals surface area contributed by atoms with Gasteiger partial charge in [0, 0.05) is 5.70 Å². The molecule has 0 aliphatic heterocycles. The summed E-state index contributed by atoms with van der Waals surface area (Å²) in [5, 5.41) is 2.75. The van der Waals surface area contributed by atoms with Crippen LogP contribution in [0.25, 0.3) is 0 Å². The van der Waals surface area contributed by atoms with Gasteiger partial charge in [0.05, 0.1) is 7.11 Å². The van der Waals surface area contributed by atoms with Crippen LogP contribution in [0, 0.1) is 0 Å². The quantitative estimate of drug-likeness (QED) is 0.828. The molecule has 0 bridgehead atoms. The average Bonchev–Trinajstić information content (AvgIpc) is 2.39. The van der Waals surface area contributed by atoms with Crippen molar-refractivity contribution in [2.75, 3.05) is 7.11 Å². The molecule has 1 amide bonds. The second-order valence-electron chi connectivity index (χ2n) is 5.36. The van der Waals surface area contributed by atoms with Crippen LogP contribution in [0.1, 0.15) is 40.0 Å². The number of amides is 1. The van der Waals surface area contributed by atoms with E-state index in [9.17, 15) is 4.79 Å². The van der Waals surface area contributed by atoms with Gasteiger partial charge in [0.2, 0.25) is 0 Å². The van der Waals surface area contributed by atoms with E-state index in [1.54, 1.807) is 7.11 Å². The van der Waals surface area contributed by atoms with E-state index in [0.717, 1.165) is 30.7 Å². The molecular weight excluding hydrogens is 242 g/mol. The van der Waals surface area contributed by atoms with Gasteiger partial charge < -0.3 is 9.47 Å². The van der Waals surface area contributed by atoms with E-state index < -0.39 is 11.7 Å². The van der Waals surface area contributed by atoms with E-state index in [-0.39, 0.29) is 0 Å². The van der Waals surface area contributed by atoms with Crippen molar-refractivity contribution >= 4 is 6.09 Å². The van der Waals surface area contributed by atoms with Crippen LogP contribution in [-0.2, 0) is 9.47 Å². The van der Waals surface area contributed by atoms with E-state index in [2.05, 4.69) is 5.32 Å². The van der Waals surface area contributed by atoms with Crippen LogP contribution < -0.4 is 5.32 Å². The maximum Gasteiger partial charge on any atom is 0.412 e. The molecule has 106 valence electrons. The van der Waals surface area contributed by atoms with Crippen molar-refractivity contribution < 1.29 is 14.3 Å². The van der Waals surface area contributed by atoms with Gasteiger partial charge in [0.15, 0.2) is 0 Å². The maximum absolute atomic E-state index is 11.7. The third kappa shape index (κ3) is 6.70. The minimum Gasteiger partial charge on any atom is -0.497 e. The van der Waals surface area contributed by atoms with Gasteiger partial charge in [0.1, 0.15) is 11.4 Å². The largest absolute Gasteiger partial charge is 0.497 e. The lowest BCUT2D eigenvalue weighted by Crippen LogP contribution is -2.31. The smallest absolute Gasteiger partial charge is 0.412 e. The normalized spacial score (nSPS) is 23.6. The van der Waals surface area contributed by atoms with Crippen molar-refractivity contribution in [3.05, 3.63) is 35.8 Å². The Morgan fingerprint density at radius 3 is 2.53 bits per heavy atom. The number of nitrogens with one attached hydrogen (secondary N) is 1. The van der Waals surface area contributed by atoms with Crippen LogP contribution in [0.3, 0.4) is 0 Å². The van der Waals surface area contributed by atoms with Gasteiger partial charge in [-0.2, -0.15) is 0 Å². The van der Waals surface area contributed by atoms with Gasteiger partial charge in [-0.25, -0.2) is 4.79 Å². The Kier molecular flexibility index (Phi) is 5.67. The van der Waals surface area contributed by atoms with Crippen molar-refractivity contribution in [2.45, 2.75) is 45.6 Å². The molecule has 19 heavy (non-hydrogen) atoms. The van der Waals surface area contributed by atoms with Crippen LogP contribution in [0.15, 0.2) is 35.8 Å². The summed E-state index contributed by atoms with van der Waals surface area (Å²) in [6.45, 7) is 5.52. The van der Waals surface area contributed by atoms with Crippen molar-refractivity contribution in [1.29, 1.82) is 0 Å². The standard InChI is InChI=1S/C15H23NO3/c1-15(2,3)19-14(17)16-12-8-6-5-7-9-13(18-4)11-10-12/h8-11H,5-7H2,1-4H3,(H,16,17)/b11-10-,12-8-,13-9-. The van der Waals surface area contributed by atoms with Crippen molar-refractivity contribution in [1.82, 2.24) is 5.32 Å². The SMILES string of the molecule is COC1=C\CCC/C=C(NC(=O)OC(C)(C)C)/C=C\1. The number of hydrogen-bond acceptors (Lipinski definition) is 3. The van der Waals surface area contributed by atoms with Gasteiger partial charge in [-0.1, -0.05) is 6.08 Å². The predicted molar refractivity (Wildman–Crippen MR) is 75.5 cm³/mol.